The molecule has 5 atom stereocenters. The van der Waals surface area contributed by atoms with Crippen molar-refractivity contribution in [2.75, 3.05) is 11.9 Å². The van der Waals surface area contributed by atoms with E-state index in [1.807, 2.05) is 6.07 Å². The van der Waals surface area contributed by atoms with E-state index >= 15 is 4.39 Å². The maximum atomic E-state index is 15.1. The van der Waals surface area contributed by atoms with Crippen molar-refractivity contribution in [2.24, 2.45) is 5.41 Å². The van der Waals surface area contributed by atoms with Crippen LogP contribution >= 0.6 is 23.2 Å². The zero-order valence-corrected chi connectivity index (χ0v) is 27.8. The number of hydrogen-bond donors (Lipinski definition) is 5. The first kappa shape index (κ1) is 38.7. The predicted octanol–water partition coefficient (Wildman–Crippen LogP) is 6.78. The number of nitrogens with one attached hydrogen (secondary N) is 2. The minimum Gasteiger partial charge on any atom is -0.475 e. The summed E-state index contributed by atoms with van der Waals surface area (Å²) in [5.41, 5.74) is 0.178. The maximum Gasteiger partial charge on any atom is 0.490 e. The van der Waals surface area contributed by atoms with Gasteiger partial charge in [0.05, 0.1) is 23.8 Å². The average molecular weight is 708 g/mol. The first-order valence-electron chi connectivity index (χ1n) is 15.3. The number of carbonyl (C=O) groups is 3. The van der Waals surface area contributed by atoms with Gasteiger partial charge in [-0.2, -0.15) is 13.2 Å². The Labute approximate surface area is 280 Å². The summed E-state index contributed by atoms with van der Waals surface area (Å²) in [6.07, 6.45) is -1.60. The fourth-order valence-electron chi connectivity index (χ4n) is 6.64. The van der Waals surface area contributed by atoms with E-state index in [-0.39, 0.29) is 41.6 Å². The summed E-state index contributed by atoms with van der Waals surface area (Å²) < 4.78 is 46.8. The fourth-order valence-corrected chi connectivity index (χ4v) is 7.00. The summed E-state index contributed by atoms with van der Waals surface area (Å²) >= 11 is 12.6. The summed E-state index contributed by atoms with van der Waals surface area (Å²) in [7, 11) is 0. The number of benzene rings is 2. The van der Waals surface area contributed by atoms with Crippen LogP contribution in [0.5, 0.6) is 0 Å². The third-order valence-electron chi connectivity index (χ3n) is 8.82. The molecule has 0 aromatic heterocycles. The maximum absolute atomic E-state index is 15.1. The number of hydrogen-bond acceptors (Lipinski definition) is 6. The molecule has 5 N–H and O–H groups in total. The summed E-state index contributed by atoms with van der Waals surface area (Å²) in [6, 6.07) is 8.70. The molecule has 2 heterocycles. The number of halogens is 6. The van der Waals surface area contributed by atoms with Gasteiger partial charge >= 0.3 is 12.1 Å². The molecule has 260 valence electrons. The van der Waals surface area contributed by atoms with Crippen LogP contribution in [-0.4, -0.2) is 64.0 Å². The van der Waals surface area contributed by atoms with Gasteiger partial charge in [0, 0.05) is 29.1 Å². The van der Waals surface area contributed by atoms with Gasteiger partial charge in [-0.3, -0.25) is 9.59 Å². The number of rotatable bonds is 12. The Morgan fingerprint density at radius 1 is 1.11 bits per heavy atom. The van der Waals surface area contributed by atoms with E-state index in [1.54, 1.807) is 18.2 Å². The zero-order valence-electron chi connectivity index (χ0n) is 26.3. The molecular formula is C33H40Cl2F4N2O6. The molecule has 0 unspecified atom stereocenters. The van der Waals surface area contributed by atoms with Crippen molar-refractivity contribution in [2.45, 2.75) is 101 Å². The minimum atomic E-state index is -5.08. The van der Waals surface area contributed by atoms with Crippen molar-refractivity contribution in [3.8, 4) is 0 Å². The van der Waals surface area contributed by atoms with Crippen LogP contribution in [-0.2, 0) is 19.8 Å². The van der Waals surface area contributed by atoms with E-state index in [1.165, 1.54) is 12.1 Å². The van der Waals surface area contributed by atoms with Crippen molar-refractivity contribution < 1.29 is 47.3 Å². The number of carboxylic acids is 1. The largest absolute Gasteiger partial charge is 0.490 e. The molecule has 0 aliphatic carbocycles. The van der Waals surface area contributed by atoms with E-state index in [0.29, 0.717) is 34.7 Å². The van der Waals surface area contributed by atoms with Gasteiger partial charge in [-0.15, -0.1) is 0 Å². The smallest absolute Gasteiger partial charge is 0.475 e. The van der Waals surface area contributed by atoms with Crippen LogP contribution in [0, 0.1) is 11.2 Å². The van der Waals surface area contributed by atoms with Crippen molar-refractivity contribution in [1.29, 1.82) is 0 Å². The monoisotopic (exact) mass is 706 g/mol. The lowest BCUT2D eigenvalue weighted by Crippen LogP contribution is -2.50. The quantitative estimate of drug-likeness (QED) is 0.154. The molecule has 4 rings (SSSR count). The second-order valence-electron chi connectivity index (χ2n) is 12.8. The van der Waals surface area contributed by atoms with Gasteiger partial charge in [0.1, 0.15) is 17.0 Å². The molecule has 1 saturated heterocycles. The Balaban J connectivity index is 0.000000771. The number of carboxylic acid groups (broad SMARTS) is 1. The lowest BCUT2D eigenvalue weighted by atomic mass is 9.61. The number of unbranched alkanes of at least 4 members (excludes halogenated alkanes) is 1. The van der Waals surface area contributed by atoms with Crippen LogP contribution in [0.15, 0.2) is 36.4 Å². The Kier molecular flexibility index (Phi) is 12.9. The molecule has 47 heavy (non-hydrogen) atoms. The average Bonchev–Trinajstić information content (AvgIpc) is 3.46. The van der Waals surface area contributed by atoms with Crippen molar-refractivity contribution in [3.63, 3.8) is 0 Å². The molecule has 2 aromatic carbocycles. The number of Topliss-reactive ketones (excluding diaryl/α,β-unsaturated/α-hetero) is 1. The molecule has 1 fully saturated rings. The van der Waals surface area contributed by atoms with Gasteiger partial charge in [-0.25, -0.2) is 9.18 Å². The van der Waals surface area contributed by atoms with Gasteiger partial charge in [0.25, 0.3) is 0 Å². The Bertz CT molecular complexity index is 1460. The number of carbonyl (C=O) groups excluding carboxylic acids is 2. The molecular weight excluding hydrogens is 667 g/mol. The molecule has 0 radical (unpaired) electrons. The van der Waals surface area contributed by atoms with E-state index in [2.05, 4.69) is 31.4 Å². The molecule has 2 aliphatic rings. The van der Waals surface area contributed by atoms with Crippen molar-refractivity contribution in [1.82, 2.24) is 5.32 Å². The van der Waals surface area contributed by atoms with Crippen LogP contribution in [0.1, 0.15) is 82.8 Å². The highest BCUT2D eigenvalue weighted by atomic mass is 35.5. The second-order valence-corrected chi connectivity index (χ2v) is 13.7. The van der Waals surface area contributed by atoms with Gasteiger partial charge < -0.3 is 26.0 Å². The summed E-state index contributed by atoms with van der Waals surface area (Å²) in [5.74, 6) is -4.47. The van der Waals surface area contributed by atoms with E-state index in [0.717, 1.165) is 19.3 Å². The van der Waals surface area contributed by atoms with Crippen molar-refractivity contribution in [3.05, 3.63) is 63.4 Å². The second kappa shape index (κ2) is 15.6. The summed E-state index contributed by atoms with van der Waals surface area (Å²) in [6.45, 7) is 6.09. The van der Waals surface area contributed by atoms with Gasteiger partial charge in [-0.1, -0.05) is 68.9 Å². The molecule has 2 aromatic rings. The highest BCUT2D eigenvalue weighted by Gasteiger charge is 2.65. The van der Waals surface area contributed by atoms with Crippen LogP contribution < -0.4 is 10.6 Å². The van der Waals surface area contributed by atoms with E-state index in [9.17, 15) is 33.0 Å². The number of anilines is 1. The third kappa shape index (κ3) is 8.83. The summed E-state index contributed by atoms with van der Waals surface area (Å²) in [4.78, 5) is 37.0. The summed E-state index contributed by atoms with van der Waals surface area (Å²) in [5, 5.41) is 33.0. The number of amides is 1. The van der Waals surface area contributed by atoms with Gasteiger partial charge in [-0.05, 0) is 66.5 Å². The lowest BCUT2D eigenvalue weighted by molar-refractivity contribution is -0.192. The highest BCUT2D eigenvalue weighted by Crippen LogP contribution is 2.57. The lowest BCUT2D eigenvalue weighted by Gasteiger charge is -2.38. The van der Waals surface area contributed by atoms with Crippen LogP contribution in [0.3, 0.4) is 0 Å². The normalized spacial score (nSPS) is 22.8. The Morgan fingerprint density at radius 3 is 2.34 bits per heavy atom. The number of fused-ring (bicyclic) bond motifs is 2. The minimum absolute atomic E-state index is 0.0868. The molecule has 1 spiro atoms. The van der Waals surface area contributed by atoms with Gasteiger partial charge in [0.15, 0.2) is 0 Å². The number of alkyl halides is 3. The van der Waals surface area contributed by atoms with Crippen LogP contribution in [0.2, 0.25) is 10.0 Å². The number of aliphatic carboxylic acids is 1. The molecule has 0 saturated carbocycles. The SMILES string of the molecule is CCCCC(C)(C)C[C@H]1N[C@@H](C(=O)CCC[C@H](O)CO)[C@H](c2cccc(Cl)c2)[C@@]12C(=O)Nc1cc(Cl)c(F)cc12.O=C(O)C(F)(F)F. The topological polar surface area (TPSA) is 136 Å². The molecule has 8 nitrogen and oxygen atoms in total. The zero-order chi connectivity index (χ0) is 35.3. The molecule has 1 amide bonds. The van der Waals surface area contributed by atoms with Crippen LogP contribution in [0.25, 0.3) is 0 Å². The molecule has 14 heteroatoms. The first-order chi connectivity index (χ1) is 21.9. The molecule has 2 aliphatic heterocycles. The third-order valence-corrected chi connectivity index (χ3v) is 9.34. The van der Waals surface area contributed by atoms with E-state index in [4.69, 9.17) is 33.1 Å². The molecule has 0 bridgehead atoms. The number of aliphatic hydroxyl groups is 2. The van der Waals surface area contributed by atoms with Crippen LogP contribution in [0.4, 0.5) is 23.2 Å². The van der Waals surface area contributed by atoms with Gasteiger partial charge in [0.2, 0.25) is 5.91 Å². The van der Waals surface area contributed by atoms with E-state index < -0.39 is 47.5 Å². The Morgan fingerprint density at radius 2 is 1.77 bits per heavy atom. The highest BCUT2D eigenvalue weighted by molar-refractivity contribution is 6.31. The Hall–Kier alpha value is -2.77. The number of aliphatic hydroxyl groups excluding tert-OH is 2. The standard InChI is InChI=1S/C31H39Cl2FN2O4.C2HF3O2/c1-4-5-12-30(2,3)16-26-31(21-14-23(34)22(33)15-24(21)35-29(31)40)27(18-8-6-9-19(32)13-18)28(36-26)25(39)11-7-10-20(38)17-37;3-2(4,5)1(6)7/h6,8-9,13-15,20,26-28,36-38H,4-5,7,10-12,16-17H2,1-3H3,(H,35,40);(H,6,7)/t20-,26+,27-,28-,31-;/m0./s1. The predicted molar refractivity (Wildman–Crippen MR) is 170 cm³/mol. The first-order valence-corrected chi connectivity index (χ1v) is 16.1. The fraction of sp³-hybridized carbons (Fsp3) is 0.545. The number of ketones is 1. The van der Waals surface area contributed by atoms with Crippen molar-refractivity contribution >= 4 is 46.5 Å².